The zero-order valence-electron chi connectivity index (χ0n) is 21.8. The van der Waals surface area contributed by atoms with E-state index >= 15 is 0 Å². The van der Waals surface area contributed by atoms with E-state index < -0.39 is 28.8 Å². The van der Waals surface area contributed by atoms with Gasteiger partial charge in [-0.25, -0.2) is 4.79 Å². The maximum absolute atomic E-state index is 13.0. The number of ether oxygens (including phenoxy) is 1. The molecule has 0 aliphatic heterocycles. The molecule has 15 heteroatoms. The lowest BCUT2D eigenvalue weighted by atomic mass is 10.0. The maximum Gasteiger partial charge on any atom is 0.411 e. The second-order valence-corrected chi connectivity index (χ2v) is 10.9. The number of halogens is 2. The highest BCUT2D eigenvalue weighted by molar-refractivity contribution is 7.84. The van der Waals surface area contributed by atoms with E-state index in [-0.39, 0.29) is 5.15 Å². The SMILES string of the molecule is COC(=O)Nc1ccc(-c2cc([C@H](CCS(C)=O)NC(=O)/C=C/c3cc(Cl)ccc3-n3cnnn3)nnc2Cl)cc1. The molecular formula is C26H24Cl2N8O4S. The number of nitrogens with one attached hydrogen (secondary N) is 2. The molecule has 2 heterocycles. The molecule has 2 aromatic carbocycles. The molecule has 0 aliphatic rings. The van der Waals surface area contributed by atoms with Crippen molar-refractivity contribution in [3.63, 3.8) is 0 Å². The molecule has 41 heavy (non-hydrogen) atoms. The molecular weight excluding hydrogens is 591 g/mol. The number of tetrazole rings is 1. The van der Waals surface area contributed by atoms with E-state index in [1.54, 1.807) is 60.9 Å². The standard InChI is InChI=1S/C26H24Cl2N8O4S/c1-40-26(38)30-19-7-3-16(4-8-19)20-14-22(32-33-25(20)28)21(11-12-41(2)39)31-24(37)10-5-17-13-18(27)6-9-23(17)36-15-29-34-35-36/h3-10,13-15,21H,11-12H2,1-2H3,(H,30,38)(H,31,37)/b10-5+/t21-,41?/m0/s1. The summed E-state index contributed by atoms with van der Waals surface area (Å²) >= 11 is 12.5. The highest BCUT2D eigenvalue weighted by atomic mass is 35.5. The van der Waals surface area contributed by atoms with Gasteiger partial charge < -0.3 is 10.1 Å². The Hall–Kier alpha value is -4.20. The van der Waals surface area contributed by atoms with Crippen molar-refractivity contribution in [3.05, 3.63) is 82.4 Å². The quantitative estimate of drug-likeness (QED) is 0.249. The molecule has 0 bridgehead atoms. The number of methoxy groups -OCH3 is 1. The Morgan fingerprint density at radius 2 is 1.90 bits per heavy atom. The molecule has 12 nitrogen and oxygen atoms in total. The minimum Gasteiger partial charge on any atom is -0.453 e. The van der Waals surface area contributed by atoms with Crippen LogP contribution in [-0.4, -0.2) is 65.7 Å². The molecule has 0 saturated heterocycles. The summed E-state index contributed by atoms with van der Waals surface area (Å²) in [5, 5.41) is 25.6. The van der Waals surface area contributed by atoms with Crippen LogP contribution in [0.5, 0.6) is 0 Å². The van der Waals surface area contributed by atoms with Crippen molar-refractivity contribution in [1.29, 1.82) is 0 Å². The van der Waals surface area contributed by atoms with Crippen LogP contribution in [0.15, 0.2) is 60.9 Å². The zero-order chi connectivity index (χ0) is 29.4. The molecule has 0 aliphatic carbocycles. The second kappa shape index (κ2) is 13.9. The molecule has 2 N–H and O–H groups in total. The molecule has 4 aromatic rings. The highest BCUT2D eigenvalue weighted by Gasteiger charge is 2.19. The second-order valence-electron chi connectivity index (χ2n) is 8.59. The van der Waals surface area contributed by atoms with E-state index in [4.69, 9.17) is 23.2 Å². The number of anilines is 1. The number of carbonyl (C=O) groups is 2. The minimum atomic E-state index is -1.11. The predicted molar refractivity (Wildman–Crippen MR) is 156 cm³/mol. The maximum atomic E-state index is 13.0. The number of rotatable bonds is 10. The van der Waals surface area contributed by atoms with E-state index in [1.165, 1.54) is 24.2 Å². The minimum absolute atomic E-state index is 0.155. The van der Waals surface area contributed by atoms with Crippen molar-refractivity contribution in [2.24, 2.45) is 0 Å². The topological polar surface area (TPSA) is 154 Å². The smallest absolute Gasteiger partial charge is 0.411 e. The molecule has 2 amide bonds. The van der Waals surface area contributed by atoms with Gasteiger partial charge in [0.2, 0.25) is 5.91 Å². The van der Waals surface area contributed by atoms with Gasteiger partial charge in [0.25, 0.3) is 0 Å². The lowest BCUT2D eigenvalue weighted by molar-refractivity contribution is -0.117. The van der Waals surface area contributed by atoms with Gasteiger partial charge in [0.1, 0.15) is 6.33 Å². The third-order valence-electron chi connectivity index (χ3n) is 5.76. The Balaban J connectivity index is 1.57. The summed E-state index contributed by atoms with van der Waals surface area (Å²) in [6.45, 7) is 0. The van der Waals surface area contributed by atoms with Crippen molar-refractivity contribution in [2.45, 2.75) is 12.5 Å². The fourth-order valence-electron chi connectivity index (χ4n) is 3.77. The predicted octanol–water partition coefficient (Wildman–Crippen LogP) is 4.24. The summed E-state index contributed by atoms with van der Waals surface area (Å²) in [5.41, 5.74) is 3.49. The van der Waals surface area contributed by atoms with Crippen LogP contribution in [0.1, 0.15) is 23.7 Å². The average Bonchev–Trinajstić information content (AvgIpc) is 3.50. The molecule has 1 unspecified atom stereocenters. The van der Waals surface area contributed by atoms with Crippen molar-refractivity contribution in [1.82, 2.24) is 35.7 Å². The molecule has 0 saturated carbocycles. The van der Waals surface area contributed by atoms with Crippen LogP contribution in [0.2, 0.25) is 10.2 Å². The summed E-state index contributed by atoms with van der Waals surface area (Å²) in [5.74, 6) is -0.101. The summed E-state index contributed by atoms with van der Waals surface area (Å²) in [4.78, 5) is 24.5. The number of aromatic nitrogens is 6. The lowest BCUT2D eigenvalue weighted by Crippen LogP contribution is -2.29. The number of hydrogen-bond acceptors (Lipinski definition) is 9. The monoisotopic (exact) mass is 614 g/mol. The Morgan fingerprint density at radius 3 is 2.59 bits per heavy atom. The first-order valence-electron chi connectivity index (χ1n) is 12.0. The Kier molecular flexibility index (Phi) is 10.1. The van der Waals surface area contributed by atoms with E-state index in [0.29, 0.717) is 51.0 Å². The van der Waals surface area contributed by atoms with E-state index in [2.05, 4.69) is 41.1 Å². The first-order valence-corrected chi connectivity index (χ1v) is 14.5. The van der Waals surface area contributed by atoms with Gasteiger partial charge in [-0.3, -0.25) is 14.3 Å². The van der Waals surface area contributed by atoms with Crippen LogP contribution in [-0.2, 0) is 20.3 Å². The fourth-order valence-corrected chi connectivity index (χ4v) is 4.72. The van der Waals surface area contributed by atoms with Gasteiger partial charge in [0.15, 0.2) is 5.15 Å². The molecule has 2 aromatic heterocycles. The molecule has 4 rings (SSSR count). The van der Waals surface area contributed by atoms with E-state index in [9.17, 15) is 13.8 Å². The van der Waals surface area contributed by atoms with Crippen LogP contribution in [0.25, 0.3) is 22.9 Å². The van der Waals surface area contributed by atoms with Crippen molar-refractivity contribution in [3.8, 4) is 16.8 Å². The largest absolute Gasteiger partial charge is 0.453 e. The van der Waals surface area contributed by atoms with Gasteiger partial charge in [-0.05, 0) is 64.9 Å². The number of hydrogen-bond donors (Lipinski definition) is 2. The summed E-state index contributed by atoms with van der Waals surface area (Å²) in [6.07, 6.45) is 5.71. The highest BCUT2D eigenvalue weighted by Crippen LogP contribution is 2.30. The lowest BCUT2D eigenvalue weighted by Gasteiger charge is -2.18. The van der Waals surface area contributed by atoms with Gasteiger partial charge in [0.05, 0.1) is 24.5 Å². The van der Waals surface area contributed by atoms with Crippen LogP contribution in [0, 0.1) is 0 Å². The Bertz CT molecular complexity index is 1580. The average molecular weight is 616 g/mol. The molecule has 0 fully saturated rings. The molecule has 0 spiro atoms. The fraction of sp³-hybridized carbons (Fsp3) is 0.192. The van der Waals surface area contributed by atoms with Gasteiger partial charge in [-0.2, -0.15) is 9.78 Å². The Morgan fingerprint density at radius 1 is 1.12 bits per heavy atom. The van der Waals surface area contributed by atoms with Gasteiger partial charge in [0, 0.05) is 50.7 Å². The summed E-state index contributed by atoms with van der Waals surface area (Å²) < 4.78 is 17.9. The normalized spacial score (nSPS) is 12.6. The third-order valence-corrected chi connectivity index (χ3v) is 7.09. The number of carbonyl (C=O) groups excluding carboxylic acids is 2. The van der Waals surface area contributed by atoms with E-state index in [0.717, 1.165) is 0 Å². The number of benzene rings is 2. The molecule has 0 radical (unpaired) electrons. The van der Waals surface area contributed by atoms with Crippen molar-refractivity contribution in [2.75, 3.05) is 24.4 Å². The van der Waals surface area contributed by atoms with Crippen LogP contribution >= 0.6 is 23.2 Å². The first-order chi connectivity index (χ1) is 19.7. The number of nitrogens with zero attached hydrogens (tertiary/aromatic N) is 6. The van der Waals surface area contributed by atoms with Crippen LogP contribution in [0.4, 0.5) is 10.5 Å². The first kappa shape index (κ1) is 29.8. The van der Waals surface area contributed by atoms with Gasteiger partial charge in [-0.15, -0.1) is 10.2 Å². The van der Waals surface area contributed by atoms with E-state index in [1.807, 2.05) is 0 Å². The van der Waals surface area contributed by atoms with Crippen LogP contribution < -0.4 is 10.6 Å². The summed E-state index contributed by atoms with van der Waals surface area (Å²) in [6, 6.07) is 13.1. The molecule has 2 atom stereocenters. The van der Waals surface area contributed by atoms with Crippen molar-refractivity contribution < 1.29 is 18.5 Å². The van der Waals surface area contributed by atoms with Gasteiger partial charge in [-0.1, -0.05) is 35.3 Å². The van der Waals surface area contributed by atoms with Crippen molar-refractivity contribution >= 4 is 57.8 Å². The third kappa shape index (κ3) is 8.16. The zero-order valence-corrected chi connectivity index (χ0v) is 24.2. The Labute approximate surface area is 247 Å². The molecule has 212 valence electrons. The number of amides is 2. The summed E-state index contributed by atoms with van der Waals surface area (Å²) in [7, 11) is 0.166. The van der Waals surface area contributed by atoms with Crippen LogP contribution in [0.3, 0.4) is 0 Å². The van der Waals surface area contributed by atoms with Gasteiger partial charge >= 0.3 is 6.09 Å².